The van der Waals surface area contributed by atoms with E-state index in [0.717, 1.165) is 11.6 Å². The van der Waals surface area contributed by atoms with Crippen LogP contribution < -0.4 is 4.72 Å². The van der Waals surface area contributed by atoms with Crippen molar-refractivity contribution in [2.75, 3.05) is 6.54 Å². The number of ketones is 1. The van der Waals surface area contributed by atoms with Crippen molar-refractivity contribution in [1.82, 2.24) is 4.72 Å². The molecule has 0 spiro atoms. The number of sulfonamides is 1. The first kappa shape index (κ1) is 15.0. The maximum atomic E-state index is 11.8. The molecule has 0 fully saturated rings. The summed E-state index contributed by atoms with van der Waals surface area (Å²) in [6.07, 6.45) is 3.15. The molecule has 0 aliphatic rings. The van der Waals surface area contributed by atoms with Crippen LogP contribution in [0.2, 0.25) is 0 Å². The number of nitrogens with one attached hydrogen (secondary N) is 1. The second-order valence-electron chi connectivity index (χ2n) is 3.71. The van der Waals surface area contributed by atoms with Crippen molar-refractivity contribution in [3.63, 3.8) is 0 Å². The fourth-order valence-electron chi connectivity index (χ4n) is 1.23. The van der Waals surface area contributed by atoms with Crippen LogP contribution in [0.25, 0.3) is 5.53 Å². The van der Waals surface area contributed by atoms with Crippen molar-refractivity contribution < 1.29 is 18.0 Å². The molecule has 1 rings (SSSR count). The minimum atomic E-state index is -3.58. The highest BCUT2D eigenvalue weighted by Gasteiger charge is 2.11. The van der Waals surface area contributed by atoms with Gasteiger partial charge in [-0.2, -0.15) is 4.79 Å². The van der Waals surface area contributed by atoms with E-state index in [1.807, 2.05) is 6.92 Å². The number of carbonyl (C=O) groups excluding carboxylic acids is 1. The Morgan fingerprint density at radius 2 is 2.00 bits per heavy atom. The molecule has 7 heteroatoms. The fourth-order valence-corrected chi connectivity index (χ4v) is 2.21. The normalized spacial score (nSPS) is 11.2. The Labute approximate surface area is 111 Å². The highest BCUT2D eigenvalue weighted by atomic mass is 32.2. The minimum absolute atomic E-state index is 0.0266. The van der Waals surface area contributed by atoms with Gasteiger partial charge in [-0.25, -0.2) is 13.1 Å². The van der Waals surface area contributed by atoms with Crippen LogP contribution in [0.3, 0.4) is 0 Å². The SMILES string of the molecule is Cc1ccc(S(=O)(=O)NC/C=C\C(=O)C=[N+]=[N-])cc1. The van der Waals surface area contributed by atoms with Gasteiger partial charge in [-0.3, -0.25) is 4.79 Å². The van der Waals surface area contributed by atoms with Gasteiger partial charge in [0, 0.05) is 6.54 Å². The zero-order chi connectivity index (χ0) is 14.3. The van der Waals surface area contributed by atoms with E-state index in [2.05, 4.69) is 9.51 Å². The number of hydrogen-bond acceptors (Lipinski definition) is 3. The summed E-state index contributed by atoms with van der Waals surface area (Å²) in [6, 6.07) is 6.41. The van der Waals surface area contributed by atoms with Crippen molar-refractivity contribution in [1.29, 1.82) is 0 Å². The van der Waals surface area contributed by atoms with E-state index >= 15 is 0 Å². The summed E-state index contributed by atoms with van der Waals surface area (Å²) >= 11 is 0. The number of nitrogens with zero attached hydrogens (tertiary/aromatic N) is 2. The van der Waals surface area contributed by atoms with Crippen LogP contribution in [-0.4, -0.2) is 31.8 Å². The van der Waals surface area contributed by atoms with Gasteiger partial charge in [0.05, 0.1) is 4.90 Å². The summed E-state index contributed by atoms with van der Waals surface area (Å²) in [5.41, 5.74) is 9.06. The second kappa shape index (κ2) is 6.75. The standard InChI is InChI=1S/C12H13N3O3S/c1-10-4-6-12(7-5-10)19(17,18)15-8-2-3-11(16)9-14-13/h2-7,9,15H,8H2,1H3/b3-2-. The molecule has 0 saturated heterocycles. The molecule has 0 heterocycles. The van der Waals surface area contributed by atoms with E-state index in [4.69, 9.17) is 5.53 Å². The number of aryl methyl sites for hydroxylation is 1. The Morgan fingerprint density at radius 3 is 2.58 bits per heavy atom. The van der Waals surface area contributed by atoms with Crippen molar-refractivity contribution >= 4 is 22.0 Å². The Balaban J connectivity index is 2.64. The maximum absolute atomic E-state index is 11.8. The number of benzene rings is 1. The molecule has 0 amide bonds. The topological polar surface area (TPSA) is 99.6 Å². The summed E-state index contributed by atoms with van der Waals surface area (Å²) in [5, 5.41) is 0. The van der Waals surface area contributed by atoms with Crippen molar-refractivity contribution in [3.05, 3.63) is 47.5 Å². The summed E-state index contributed by atoms with van der Waals surface area (Å²) in [6.45, 7) is 1.84. The zero-order valence-electron chi connectivity index (χ0n) is 10.3. The largest absolute Gasteiger partial charge is 0.361 e. The molecule has 100 valence electrons. The minimum Gasteiger partial charge on any atom is -0.361 e. The van der Waals surface area contributed by atoms with E-state index in [9.17, 15) is 13.2 Å². The van der Waals surface area contributed by atoms with Crippen LogP contribution in [0, 0.1) is 6.92 Å². The first-order valence-electron chi connectivity index (χ1n) is 5.40. The molecule has 1 aromatic rings. The molecule has 0 saturated carbocycles. The fraction of sp³-hybridized carbons (Fsp3) is 0.167. The van der Waals surface area contributed by atoms with Crippen molar-refractivity contribution in [2.24, 2.45) is 0 Å². The first-order chi connectivity index (χ1) is 8.95. The zero-order valence-corrected chi connectivity index (χ0v) is 11.1. The number of allylic oxidation sites excluding steroid dienone is 1. The summed E-state index contributed by atoms with van der Waals surface area (Å²) < 4.78 is 26.0. The average molecular weight is 279 g/mol. The molecule has 0 radical (unpaired) electrons. The Morgan fingerprint density at radius 1 is 1.37 bits per heavy atom. The highest BCUT2D eigenvalue weighted by molar-refractivity contribution is 7.89. The summed E-state index contributed by atoms with van der Waals surface area (Å²) in [4.78, 5) is 13.6. The molecule has 6 nitrogen and oxygen atoms in total. The lowest BCUT2D eigenvalue weighted by Crippen LogP contribution is -2.23. The lowest BCUT2D eigenvalue weighted by Gasteiger charge is -2.04. The Hall–Kier alpha value is -2.08. The van der Waals surface area contributed by atoms with E-state index in [-0.39, 0.29) is 11.4 Å². The van der Waals surface area contributed by atoms with Gasteiger partial charge in [0.25, 0.3) is 5.78 Å². The van der Waals surface area contributed by atoms with Crippen LogP contribution >= 0.6 is 0 Å². The summed E-state index contributed by atoms with van der Waals surface area (Å²) in [5.74, 6) is -0.531. The molecule has 0 aliphatic carbocycles. The second-order valence-corrected chi connectivity index (χ2v) is 5.48. The van der Waals surface area contributed by atoms with Crippen LogP contribution in [0.1, 0.15) is 5.56 Å². The van der Waals surface area contributed by atoms with Gasteiger partial charge in [0.1, 0.15) is 0 Å². The van der Waals surface area contributed by atoms with Crippen LogP contribution in [0.15, 0.2) is 41.3 Å². The predicted octanol–water partition coefficient (Wildman–Crippen LogP) is 0.699. The molecule has 0 bridgehead atoms. The molecule has 0 unspecified atom stereocenters. The lowest BCUT2D eigenvalue weighted by molar-refractivity contribution is -0.111. The molecule has 1 aromatic carbocycles. The Kier molecular flexibility index (Phi) is 5.32. The first-order valence-corrected chi connectivity index (χ1v) is 6.88. The molecule has 19 heavy (non-hydrogen) atoms. The summed E-state index contributed by atoms with van der Waals surface area (Å²) in [7, 11) is -3.58. The number of carbonyl (C=O) groups is 1. The number of hydrogen-bond donors (Lipinski definition) is 1. The van der Waals surface area contributed by atoms with E-state index in [0.29, 0.717) is 6.21 Å². The van der Waals surface area contributed by atoms with Crippen molar-refractivity contribution in [2.45, 2.75) is 11.8 Å². The Bertz CT molecular complexity index is 627. The van der Waals surface area contributed by atoms with E-state index in [1.165, 1.54) is 18.2 Å². The third kappa shape index (κ3) is 4.97. The third-order valence-corrected chi connectivity index (χ3v) is 3.63. The van der Waals surface area contributed by atoms with Crippen LogP contribution in [-0.2, 0) is 14.8 Å². The van der Waals surface area contributed by atoms with Gasteiger partial charge in [-0.05, 0) is 25.1 Å². The molecule has 0 aromatic heterocycles. The van der Waals surface area contributed by atoms with Gasteiger partial charge in [0.15, 0.2) is 0 Å². The third-order valence-electron chi connectivity index (χ3n) is 2.19. The van der Waals surface area contributed by atoms with Crippen molar-refractivity contribution in [3.8, 4) is 0 Å². The van der Waals surface area contributed by atoms with Crippen LogP contribution in [0.5, 0.6) is 0 Å². The predicted molar refractivity (Wildman–Crippen MR) is 70.2 cm³/mol. The van der Waals surface area contributed by atoms with Gasteiger partial charge in [-0.1, -0.05) is 23.8 Å². The quantitative estimate of drug-likeness (QED) is 0.359. The molecular weight excluding hydrogens is 266 g/mol. The van der Waals surface area contributed by atoms with Gasteiger partial charge in [0.2, 0.25) is 10.0 Å². The van der Waals surface area contributed by atoms with Gasteiger partial charge in [-0.15, -0.1) is 0 Å². The van der Waals surface area contributed by atoms with E-state index < -0.39 is 15.8 Å². The van der Waals surface area contributed by atoms with Gasteiger partial charge >= 0.3 is 6.21 Å². The lowest BCUT2D eigenvalue weighted by atomic mass is 10.2. The van der Waals surface area contributed by atoms with Crippen LogP contribution in [0.4, 0.5) is 0 Å². The van der Waals surface area contributed by atoms with Gasteiger partial charge < -0.3 is 5.53 Å². The average Bonchev–Trinajstić information content (AvgIpc) is 2.36. The molecule has 1 N–H and O–H groups in total. The molecule has 0 atom stereocenters. The highest BCUT2D eigenvalue weighted by Crippen LogP contribution is 2.09. The van der Waals surface area contributed by atoms with E-state index in [1.54, 1.807) is 12.1 Å². The smallest absolute Gasteiger partial charge is 0.327 e. The number of rotatable bonds is 6. The molecular formula is C12H13N3O3S. The molecule has 0 aliphatic heterocycles. The maximum Gasteiger partial charge on any atom is 0.327 e. The monoisotopic (exact) mass is 279 g/mol.